The van der Waals surface area contributed by atoms with Crippen LogP contribution in [-0.2, 0) is 23.9 Å². The summed E-state index contributed by atoms with van der Waals surface area (Å²) in [5, 5.41) is 0. The van der Waals surface area contributed by atoms with Gasteiger partial charge in [0.25, 0.3) is 0 Å². The summed E-state index contributed by atoms with van der Waals surface area (Å²) in [6.07, 6.45) is 1.25. The quantitative estimate of drug-likeness (QED) is 0.143. The maximum absolute atomic E-state index is 11.0. The summed E-state index contributed by atoms with van der Waals surface area (Å²) in [6.45, 7) is 17.9. The van der Waals surface area contributed by atoms with Crippen LogP contribution in [0.5, 0.6) is 11.5 Å². The van der Waals surface area contributed by atoms with Crippen LogP contribution < -0.4 is 15.4 Å². The van der Waals surface area contributed by atoms with Gasteiger partial charge in [-0.1, -0.05) is 113 Å². The molecule has 2 aromatic carbocycles. The number of carbonyl (C=O) groups excluding carboxylic acids is 1. The van der Waals surface area contributed by atoms with Gasteiger partial charge >= 0.3 is 16.1 Å². The van der Waals surface area contributed by atoms with Crippen molar-refractivity contribution in [1.82, 2.24) is 0 Å². The summed E-state index contributed by atoms with van der Waals surface area (Å²) >= 11 is 0. The van der Waals surface area contributed by atoms with Crippen molar-refractivity contribution in [3.8, 4) is 11.5 Å². The lowest BCUT2D eigenvalue weighted by Crippen LogP contribution is -2.18. The summed E-state index contributed by atoms with van der Waals surface area (Å²) in [7, 11) is -3.76. The van der Waals surface area contributed by atoms with Gasteiger partial charge in [0.2, 0.25) is 5.94 Å². The molecule has 0 aromatic heterocycles. The van der Waals surface area contributed by atoms with Gasteiger partial charge in [0.05, 0.1) is 0 Å². The van der Waals surface area contributed by atoms with Crippen molar-refractivity contribution in [3.63, 3.8) is 0 Å². The first-order valence-corrected chi connectivity index (χ1v) is 13.1. The van der Waals surface area contributed by atoms with Crippen LogP contribution in [0.1, 0.15) is 77.2 Å². The average Bonchev–Trinajstić information content (AvgIpc) is 2.90. The van der Waals surface area contributed by atoms with Gasteiger partial charge in [-0.05, 0) is 31.2 Å². The fraction of sp³-hybridized carbons (Fsp3) is 0.483. The Labute approximate surface area is 234 Å². The smallest absolute Gasteiger partial charge is 0.333 e. The van der Waals surface area contributed by atoms with Crippen molar-refractivity contribution in [3.05, 3.63) is 72.8 Å². The lowest BCUT2D eigenvalue weighted by Gasteiger charge is -2.06. The standard InChI is InChI=1S/C12H14O3.C7H9NO4S.C3H8.2C2H6.3CH4/c1-10(2)12(13)15-9-8-14-11-6-4-3-5-7-11;8-12-13(9,10)6-11-7-4-2-1-3-5-7;1-3-2;2*1-2;;;/h3-7H,1,8-9H2,2H3;1-5H,6,8H2;3H2,1-2H3;2*1-2H3;3*1H4. The van der Waals surface area contributed by atoms with Crippen LogP contribution in [0, 0.1) is 0 Å². The van der Waals surface area contributed by atoms with E-state index >= 15 is 0 Å². The second kappa shape index (κ2) is 34.1. The Balaban J connectivity index is -0.000000103. The molecule has 0 fully saturated rings. The molecular weight excluding hydrogens is 506 g/mol. The number of rotatable bonds is 9. The minimum atomic E-state index is -3.76. The number of hydrogen-bond donors (Lipinski definition) is 1. The van der Waals surface area contributed by atoms with E-state index in [0.29, 0.717) is 17.9 Å². The van der Waals surface area contributed by atoms with Gasteiger partial charge in [-0.15, -0.1) is 0 Å². The molecule has 2 N–H and O–H groups in total. The first kappa shape index (κ1) is 48.2. The van der Waals surface area contributed by atoms with E-state index in [1.54, 1.807) is 37.3 Å². The molecule has 9 heteroatoms. The van der Waals surface area contributed by atoms with Gasteiger partial charge in [-0.25, -0.2) is 4.79 Å². The fourth-order valence-corrected chi connectivity index (χ4v) is 1.95. The topological polar surface area (TPSA) is 114 Å². The minimum Gasteiger partial charge on any atom is -0.490 e. The second-order valence-corrected chi connectivity index (χ2v) is 7.56. The predicted molar refractivity (Wildman–Crippen MR) is 163 cm³/mol. The van der Waals surface area contributed by atoms with Gasteiger partial charge < -0.3 is 14.2 Å². The van der Waals surface area contributed by atoms with Gasteiger partial charge in [-0.3, -0.25) is 0 Å². The molecule has 0 aliphatic heterocycles. The first-order valence-electron chi connectivity index (χ1n) is 11.5. The number of hydrogen-bond acceptors (Lipinski definition) is 8. The van der Waals surface area contributed by atoms with Gasteiger partial charge in [0.15, 0.2) is 0 Å². The molecule has 224 valence electrons. The Hall–Kier alpha value is -2.88. The van der Waals surface area contributed by atoms with Gasteiger partial charge in [0.1, 0.15) is 24.7 Å². The number of esters is 1. The number of benzene rings is 2. The zero-order valence-corrected chi connectivity index (χ0v) is 23.0. The molecule has 0 aliphatic rings. The Morgan fingerprint density at radius 2 is 1.16 bits per heavy atom. The predicted octanol–water partition coefficient (Wildman–Crippen LogP) is 7.80. The Morgan fingerprint density at radius 1 is 0.789 bits per heavy atom. The number of nitrogens with two attached hydrogens (primary N) is 1. The highest BCUT2D eigenvalue weighted by Crippen LogP contribution is 2.09. The van der Waals surface area contributed by atoms with Crippen LogP contribution in [0.2, 0.25) is 0 Å². The molecular formula is C29H55NO7S. The van der Waals surface area contributed by atoms with Crippen molar-refractivity contribution in [2.45, 2.75) is 77.2 Å². The highest BCUT2D eigenvalue weighted by atomic mass is 32.2. The first-order chi connectivity index (χ1) is 16.8. The molecule has 0 unspecified atom stereocenters. The van der Waals surface area contributed by atoms with E-state index in [4.69, 9.17) is 14.2 Å². The van der Waals surface area contributed by atoms with E-state index in [2.05, 4.69) is 30.6 Å². The maximum atomic E-state index is 11.0. The summed E-state index contributed by atoms with van der Waals surface area (Å²) in [4.78, 5) is 11.0. The highest BCUT2D eigenvalue weighted by molar-refractivity contribution is 7.86. The Bertz CT molecular complexity index is 844. The Kier molecular flexibility index (Phi) is 43.3. The van der Waals surface area contributed by atoms with Crippen molar-refractivity contribution < 1.29 is 31.7 Å². The SMILES string of the molecule is C.C.C.C=C(C)C(=O)OCCOc1ccccc1.CC.CC.CCC.NOS(=O)(=O)COc1ccccc1. The summed E-state index contributed by atoms with van der Waals surface area (Å²) < 4.78 is 40.2. The normalized spacial score (nSPS) is 8.32. The van der Waals surface area contributed by atoms with E-state index in [9.17, 15) is 13.2 Å². The second-order valence-electron chi connectivity index (χ2n) is 6.01. The summed E-state index contributed by atoms with van der Waals surface area (Å²) in [5.41, 5.74) is 0.398. The van der Waals surface area contributed by atoms with E-state index < -0.39 is 16.1 Å². The van der Waals surface area contributed by atoms with E-state index in [1.807, 2.05) is 58.0 Å². The van der Waals surface area contributed by atoms with Crippen molar-refractivity contribution in [2.75, 3.05) is 19.2 Å². The molecule has 0 bridgehead atoms. The largest absolute Gasteiger partial charge is 0.490 e. The highest BCUT2D eigenvalue weighted by Gasteiger charge is 2.09. The lowest BCUT2D eigenvalue weighted by atomic mass is 10.3. The Morgan fingerprint density at radius 3 is 1.50 bits per heavy atom. The molecule has 0 aliphatic carbocycles. The molecule has 2 rings (SSSR count). The van der Waals surface area contributed by atoms with Crippen LogP contribution in [-0.4, -0.2) is 33.5 Å². The van der Waals surface area contributed by atoms with Crippen LogP contribution in [0.4, 0.5) is 0 Å². The summed E-state index contributed by atoms with van der Waals surface area (Å²) in [6, 6.07) is 17.9. The number of para-hydroxylation sites is 2. The molecule has 0 spiro atoms. The molecule has 2 aromatic rings. The van der Waals surface area contributed by atoms with Crippen LogP contribution in [0.3, 0.4) is 0 Å². The molecule has 0 radical (unpaired) electrons. The minimum absolute atomic E-state index is 0. The van der Waals surface area contributed by atoms with Crippen LogP contribution >= 0.6 is 0 Å². The summed E-state index contributed by atoms with van der Waals surface area (Å²) in [5.74, 6) is 4.74. The van der Waals surface area contributed by atoms with Crippen LogP contribution in [0.15, 0.2) is 72.8 Å². The molecule has 8 nitrogen and oxygen atoms in total. The van der Waals surface area contributed by atoms with E-state index in [1.165, 1.54) is 6.42 Å². The van der Waals surface area contributed by atoms with Crippen molar-refractivity contribution >= 4 is 16.1 Å². The van der Waals surface area contributed by atoms with Crippen molar-refractivity contribution in [2.24, 2.45) is 5.90 Å². The number of carbonyl (C=O) groups is 1. The molecule has 0 saturated heterocycles. The van der Waals surface area contributed by atoms with Gasteiger partial charge in [-0.2, -0.15) is 18.6 Å². The third kappa shape index (κ3) is 31.2. The van der Waals surface area contributed by atoms with E-state index in [0.717, 1.165) is 5.75 Å². The number of ether oxygens (including phenoxy) is 3. The molecule has 38 heavy (non-hydrogen) atoms. The average molecular weight is 562 g/mol. The molecule has 0 heterocycles. The molecule has 0 atom stereocenters. The zero-order valence-electron chi connectivity index (χ0n) is 22.2. The third-order valence-corrected chi connectivity index (χ3v) is 3.64. The molecule has 0 amide bonds. The maximum Gasteiger partial charge on any atom is 0.333 e. The van der Waals surface area contributed by atoms with Crippen molar-refractivity contribution in [1.29, 1.82) is 0 Å². The fourth-order valence-electron chi connectivity index (χ4n) is 1.62. The van der Waals surface area contributed by atoms with E-state index in [-0.39, 0.29) is 34.9 Å². The monoisotopic (exact) mass is 561 g/mol. The molecule has 0 saturated carbocycles. The zero-order chi connectivity index (χ0) is 27.5. The third-order valence-electron chi connectivity index (χ3n) is 2.94. The lowest BCUT2D eigenvalue weighted by molar-refractivity contribution is -0.139. The van der Waals surface area contributed by atoms with Gasteiger partial charge in [0, 0.05) is 5.57 Å². The van der Waals surface area contributed by atoms with Crippen LogP contribution in [0.25, 0.3) is 0 Å².